The molecule has 1 aromatic heterocycles. The van der Waals surface area contributed by atoms with Crippen LogP contribution in [0.1, 0.15) is 23.4 Å². The third-order valence-electron chi connectivity index (χ3n) is 2.53. The van der Waals surface area contributed by atoms with Gasteiger partial charge in [0.2, 0.25) is 5.82 Å². The molecule has 1 aliphatic rings. The van der Waals surface area contributed by atoms with Gasteiger partial charge in [0.1, 0.15) is 11.9 Å². The van der Waals surface area contributed by atoms with E-state index in [9.17, 15) is 9.59 Å². The highest BCUT2D eigenvalue weighted by atomic mass is 32.2. The molecular weight excluding hydrogens is 244 g/mol. The summed E-state index contributed by atoms with van der Waals surface area (Å²) in [6.07, 6.45) is 0. The lowest BCUT2D eigenvalue weighted by atomic mass is 10.2. The summed E-state index contributed by atoms with van der Waals surface area (Å²) in [5.41, 5.74) is 0. The van der Waals surface area contributed by atoms with Gasteiger partial charge in [-0.2, -0.15) is 0 Å². The molecule has 0 spiro atoms. The first-order valence-electron chi connectivity index (χ1n) is 5.06. The molecular formula is C9H12N4O3S. The Morgan fingerprint density at radius 3 is 2.82 bits per heavy atom. The van der Waals surface area contributed by atoms with Crippen LogP contribution in [0.5, 0.6) is 0 Å². The number of H-pyrrole nitrogens is 1. The van der Waals surface area contributed by atoms with Crippen molar-refractivity contribution in [3.05, 3.63) is 11.6 Å². The lowest BCUT2D eigenvalue weighted by Crippen LogP contribution is -2.45. The van der Waals surface area contributed by atoms with Crippen LogP contribution in [0.3, 0.4) is 0 Å². The summed E-state index contributed by atoms with van der Waals surface area (Å²) in [6.45, 7) is 3.48. The summed E-state index contributed by atoms with van der Waals surface area (Å²) in [5.74, 6) is -0.504. The molecule has 7 nitrogen and oxygen atoms in total. The number of carboxylic acid groups (broad SMARTS) is 1. The number of hydrogen-bond donors (Lipinski definition) is 2. The molecule has 1 aromatic rings. The highest BCUT2D eigenvalue weighted by molar-refractivity contribution is 8.00. The van der Waals surface area contributed by atoms with Crippen LogP contribution in [0.25, 0.3) is 0 Å². The highest BCUT2D eigenvalue weighted by Crippen LogP contribution is 2.29. The Balaban J connectivity index is 2.25. The van der Waals surface area contributed by atoms with E-state index in [2.05, 4.69) is 15.2 Å². The number of aryl methyl sites for hydroxylation is 1. The predicted octanol–water partition coefficient (Wildman–Crippen LogP) is 0.101. The average molecular weight is 256 g/mol. The Labute approximate surface area is 102 Å². The minimum absolute atomic E-state index is 0.0168. The van der Waals surface area contributed by atoms with E-state index in [1.807, 2.05) is 0 Å². The Kier molecular flexibility index (Phi) is 3.05. The Morgan fingerprint density at radius 1 is 1.59 bits per heavy atom. The van der Waals surface area contributed by atoms with E-state index >= 15 is 0 Å². The van der Waals surface area contributed by atoms with Gasteiger partial charge in [-0.1, -0.05) is 0 Å². The van der Waals surface area contributed by atoms with Crippen molar-refractivity contribution in [2.75, 3.05) is 5.75 Å². The van der Waals surface area contributed by atoms with E-state index < -0.39 is 17.9 Å². The number of hydrogen-bond acceptors (Lipinski definition) is 5. The van der Waals surface area contributed by atoms with E-state index in [-0.39, 0.29) is 11.2 Å². The molecule has 2 rings (SSSR count). The van der Waals surface area contributed by atoms with Gasteiger partial charge in [-0.05, 0) is 13.8 Å². The van der Waals surface area contributed by atoms with Gasteiger partial charge in [-0.25, -0.2) is 9.78 Å². The topological polar surface area (TPSA) is 99.2 Å². The van der Waals surface area contributed by atoms with E-state index in [4.69, 9.17) is 5.11 Å². The number of amides is 1. The molecule has 2 heterocycles. The second kappa shape index (κ2) is 4.36. The molecule has 1 fully saturated rings. The van der Waals surface area contributed by atoms with E-state index in [1.54, 1.807) is 13.8 Å². The molecule has 2 atom stereocenters. The Hall–Kier alpha value is -1.57. The van der Waals surface area contributed by atoms with Gasteiger partial charge in [0, 0.05) is 5.75 Å². The molecule has 8 heteroatoms. The number of aromatic amines is 1. The Morgan fingerprint density at radius 2 is 2.29 bits per heavy atom. The number of carboxylic acids is 1. The lowest BCUT2D eigenvalue weighted by molar-refractivity contribution is -0.141. The van der Waals surface area contributed by atoms with Crippen molar-refractivity contribution in [2.24, 2.45) is 0 Å². The number of carbonyl (C=O) groups excluding carboxylic acids is 1. The largest absolute Gasteiger partial charge is 0.480 e. The number of aliphatic carboxylic acids is 1. The lowest BCUT2D eigenvalue weighted by Gasteiger charge is -2.23. The van der Waals surface area contributed by atoms with Gasteiger partial charge in [-0.15, -0.1) is 16.9 Å². The average Bonchev–Trinajstić information content (AvgIpc) is 2.83. The van der Waals surface area contributed by atoms with Crippen LogP contribution >= 0.6 is 11.8 Å². The summed E-state index contributed by atoms with van der Waals surface area (Å²) >= 11 is 1.43. The van der Waals surface area contributed by atoms with Crippen LogP contribution < -0.4 is 0 Å². The van der Waals surface area contributed by atoms with Gasteiger partial charge in [0.25, 0.3) is 5.91 Å². The summed E-state index contributed by atoms with van der Waals surface area (Å²) in [5, 5.41) is 15.2. The summed E-state index contributed by atoms with van der Waals surface area (Å²) < 4.78 is 0. The SMILES string of the molecule is Cc1nc(C(=O)N2C(C)SCC2C(=O)O)n[nH]1. The summed E-state index contributed by atoms with van der Waals surface area (Å²) in [4.78, 5) is 28.4. The van der Waals surface area contributed by atoms with Gasteiger partial charge >= 0.3 is 5.97 Å². The molecule has 0 radical (unpaired) electrons. The maximum atomic E-state index is 12.1. The fourth-order valence-electron chi connectivity index (χ4n) is 1.70. The van der Waals surface area contributed by atoms with Crippen molar-refractivity contribution in [3.8, 4) is 0 Å². The molecule has 0 aliphatic carbocycles. The molecule has 1 amide bonds. The second-order valence-corrected chi connectivity index (χ2v) is 5.09. The number of aromatic nitrogens is 3. The third-order valence-corrected chi connectivity index (χ3v) is 3.75. The zero-order valence-electron chi connectivity index (χ0n) is 9.38. The van der Waals surface area contributed by atoms with Crippen LogP contribution in [0.2, 0.25) is 0 Å². The number of nitrogens with zero attached hydrogens (tertiary/aromatic N) is 3. The van der Waals surface area contributed by atoms with Gasteiger partial charge in [0.15, 0.2) is 0 Å². The summed E-state index contributed by atoms with van der Waals surface area (Å²) in [6, 6.07) is -0.804. The highest BCUT2D eigenvalue weighted by Gasteiger charge is 2.40. The first kappa shape index (κ1) is 11.9. The zero-order chi connectivity index (χ0) is 12.6. The van der Waals surface area contributed by atoms with Gasteiger partial charge in [0.05, 0.1) is 5.37 Å². The molecule has 2 unspecified atom stereocenters. The van der Waals surface area contributed by atoms with Crippen LogP contribution in [0.4, 0.5) is 0 Å². The van der Waals surface area contributed by atoms with Crippen molar-refractivity contribution in [2.45, 2.75) is 25.3 Å². The van der Waals surface area contributed by atoms with E-state index in [0.717, 1.165) is 0 Å². The molecule has 92 valence electrons. The fourth-order valence-corrected chi connectivity index (χ4v) is 2.86. The van der Waals surface area contributed by atoms with Crippen LogP contribution in [0, 0.1) is 6.92 Å². The standard InChI is InChI=1S/C9H12N4O3S/c1-4-10-7(12-11-4)8(14)13-5(2)17-3-6(13)9(15)16/h5-6H,3H2,1-2H3,(H,15,16)(H,10,11,12). The molecule has 1 saturated heterocycles. The minimum Gasteiger partial charge on any atom is -0.480 e. The van der Waals surface area contributed by atoms with Gasteiger partial charge < -0.3 is 10.0 Å². The Bertz CT molecular complexity index is 461. The van der Waals surface area contributed by atoms with E-state index in [0.29, 0.717) is 11.6 Å². The fraction of sp³-hybridized carbons (Fsp3) is 0.556. The van der Waals surface area contributed by atoms with Crippen LogP contribution in [-0.2, 0) is 4.79 Å². The first-order chi connectivity index (χ1) is 8.00. The van der Waals surface area contributed by atoms with Crippen molar-refractivity contribution in [1.29, 1.82) is 0 Å². The molecule has 2 N–H and O–H groups in total. The monoisotopic (exact) mass is 256 g/mol. The molecule has 1 aliphatic heterocycles. The smallest absolute Gasteiger partial charge is 0.327 e. The maximum absolute atomic E-state index is 12.1. The molecule has 0 bridgehead atoms. The van der Waals surface area contributed by atoms with E-state index in [1.165, 1.54) is 16.7 Å². The van der Waals surface area contributed by atoms with Crippen molar-refractivity contribution in [1.82, 2.24) is 20.1 Å². The number of rotatable bonds is 2. The molecule has 17 heavy (non-hydrogen) atoms. The van der Waals surface area contributed by atoms with Crippen molar-refractivity contribution in [3.63, 3.8) is 0 Å². The molecule has 0 saturated carbocycles. The minimum atomic E-state index is -0.998. The van der Waals surface area contributed by atoms with Crippen molar-refractivity contribution < 1.29 is 14.7 Å². The van der Waals surface area contributed by atoms with Crippen LogP contribution in [-0.4, -0.2) is 54.2 Å². The number of nitrogens with one attached hydrogen (secondary N) is 1. The maximum Gasteiger partial charge on any atom is 0.327 e. The second-order valence-electron chi connectivity index (χ2n) is 3.74. The molecule has 0 aromatic carbocycles. The van der Waals surface area contributed by atoms with Gasteiger partial charge in [-0.3, -0.25) is 9.89 Å². The van der Waals surface area contributed by atoms with Crippen LogP contribution in [0.15, 0.2) is 0 Å². The number of thioether (sulfide) groups is 1. The predicted molar refractivity (Wildman–Crippen MR) is 60.6 cm³/mol. The quantitative estimate of drug-likeness (QED) is 0.778. The normalized spacial score (nSPS) is 24.0. The zero-order valence-corrected chi connectivity index (χ0v) is 10.2. The first-order valence-corrected chi connectivity index (χ1v) is 6.11. The third kappa shape index (κ3) is 2.12. The number of carbonyl (C=O) groups is 2. The van der Waals surface area contributed by atoms with Crippen molar-refractivity contribution >= 4 is 23.6 Å². The summed E-state index contributed by atoms with van der Waals surface area (Å²) in [7, 11) is 0.